The van der Waals surface area contributed by atoms with Crippen molar-refractivity contribution in [2.24, 2.45) is 0 Å². The molecule has 12 aromatic rings. The summed E-state index contributed by atoms with van der Waals surface area (Å²) in [6, 6.07) is 40.5. The van der Waals surface area contributed by atoms with Gasteiger partial charge in [0.1, 0.15) is 5.58 Å². The molecule has 0 saturated carbocycles. The Kier molecular flexibility index (Phi) is 23.6. The van der Waals surface area contributed by atoms with Gasteiger partial charge in [-0.15, -0.1) is 102 Å². The summed E-state index contributed by atoms with van der Waals surface area (Å²) in [5, 5.41) is 16.5. The number of para-hydroxylation sites is 1. The Balaban J connectivity index is 0.000000714. The third-order valence-corrected chi connectivity index (χ3v) is 11.3. The van der Waals surface area contributed by atoms with Crippen molar-refractivity contribution < 1.29 is 102 Å². The van der Waals surface area contributed by atoms with Crippen LogP contribution < -0.4 is 0 Å². The van der Waals surface area contributed by atoms with Gasteiger partial charge in [-0.05, 0) is 145 Å². The first-order valence-corrected chi connectivity index (χ1v) is 27.9. The van der Waals surface area contributed by atoms with E-state index in [4.69, 9.17) is 93.1 Å². The summed E-state index contributed by atoms with van der Waals surface area (Å²) in [7, 11) is 17.9. The van der Waals surface area contributed by atoms with Crippen LogP contribution in [-0.4, -0.2) is 117 Å². The molecule has 8 aromatic heterocycles. The Morgan fingerprint density at radius 1 is 0.533 bits per heavy atom. The molecule has 0 aliphatic rings. The van der Waals surface area contributed by atoms with Gasteiger partial charge >= 0.3 is 0 Å². The molecule has 0 bridgehead atoms. The van der Waals surface area contributed by atoms with Crippen LogP contribution in [0.3, 0.4) is 0 Å². The predicted octanol–water partition coefficient (Wildman–Crippen LogP) is 13.2. The molecule has 92 heavy (non-hydrogen) atoms. The zero-order chi connectivity index (χ0) is 84.3. The van der Waals surface area contributed by atoms with E-state index >= 15 is 0 Å². The first-order valence-electron chi connectivity index (χ1n) is 37.0. The standard InChI is InChI=1S/C18H14N2O.C18H13N2O.2C13H12N.C4H6.CH4O3S.2CH4O.CH4.B6.2Ir/c2*1-11-6-9-16(19-10-11)15-5-3-4-13-14-8-7-12(2)20-18(14)21-17(13)15;2*1-10-8-13(14-9-11(10)2)12-6-4-3-5-7-12;1-3-4-2;1-5(2,3)4;2*1-2;;1-5(2)6(3)4;;/h3-10H,1-2H3;3-4,6-10H,1-2H3;2*3-6,8-9H,1-2H3;1-2H3;1H3,(H,2,3,4);2*2H,1H3;1H4;;;/q;3*-1;;;;;;;;/p-1/i2*1D3,2D3,6D,9D;2*2D3;;;;;;;;. The average molecular weight is 1610 g/mol. The number of aliphatic hydroxyl groups excluding tert-OH is 2. The van der Waals surface area contributed by atoms with Crippen molar-refractivity contribution in [2.75, 3.05) is 20.5 Å². The van der Waals surface area contributed by atoms with Crippen LogP contribution in [-0.2, 0) is 50.3 Å². The SMILES string of the molecule is C.CC#CC.CO.CO.CS(=O)(=O)[O-].[2H]C([2H])([2H])c1cnc(-c2[c-]cccc2)cc1C.[2H]C([2H])([2H])c1cnc(-c2[c-]cccc2)cc1C.[2H]c1c(C([2H])([2H])[2H])cnc(-c2[c-]ccc3c2oc2nc(C([2H])([2H])[2H])ccc23)c1[2H].[2H]c1c(C([2H])([2H])[2H])cnc(-c2cccc3c2oc2nc(C([2H])([2H])[2H])ccc23)c1[2H].[B]B([B])B([B])[B].[Ir].[Ir]. The van der Waals surface area contributed by atoms with Crippen molar-refractivity contribution in [1.82, 2.24) is 29.9 Å². The first-order chi connectivity index (χ1) is 51.5. The molecule has 470 valence electrons. The topological polar surface area (TPSA) is 201 Å². The maximum absolute atomic E-state index is 9.08. The van der Waals surface area contributed by atoms with Gasteiger partial charge in [0.05, 0.1) is 26.9 Å². The van der Waals surface area contributed by atoms with Crippen LogP contribution in [0.1, 0.15) is 96.2 Å². The molecule has 0 spiro atoms. The van der Waals surface area contributed by atoms with E-state index in [1.807, 2.05) is 62.4 Å². The Morgan fingerprint density at radius 3 is 1.39 bits per heavy atom. The van der Waals surface area contributed by atoms with Gasteiger partial charge < -0.3 is 38.6 Å². The van der Waals surface area contributed by atoms with Crippen molar-refractivity contribution in [1.29, 1.82) is 0 Å². The molecule has 0 amide bonds. The number of hydrogen-bond acceptors (Lipinski definition) is 13. The zero-order valence-corrected chi connectivity index (χ0v) is 55.5. The number of rotatable bonds is 5. The maximum atomic E-state index is 9.08. The molecular formula is C70H72B6Ir2N6O7S-4. The molecule has 0 atom stereocenters. The number of fused-ring (bicyclic) bond motifs is 6. The summed E-state index contributed by atoms with van der Waals surface area (Å²) in [5.74, 6) is 5.36. The molecule has 2 N–H and O–H groups in total. The Labute approximate surface area is 608 Å². The smallest absolute Gasteiger partial charge is 0.227 e. The number of furan rings is 2. The van der Waals surface area contributed by atoms with Gasteiger partial charge in [0.25, 0.3) is 0 Å². The quantitative estimate of drug-likeness (QED) is 0.0714. The maximum Gasteiger partial charge on any atom is 0.227 e. The van der Waals surface area contributed by atoms with Gasteiger partial charge in [-0.1, -0.05) is 71.9 Å². The van der Waals surface area contributed by atoms with Gasteiger partial charge in [0, 0.05) is 187 Å². The summed E-state index contributed by atoms with van der Waals surface area (Å²) >= 11 is 0. The molecule has 0 saturated heterocycles. The molecule has 0 aliphatic carbocycles. The third-order valence-electron chi connectivity index (χ3n) is 11.3. The molecule has 0 unspecified atom stereocenters. The molecule has 13 nitrogen and oxygen atoms in total. The number of nitrogens with zero attached hydrogens (tertiary/aromatic N) is 6. The largest absolute Gasteiger partial charge is 0.748 e. The molecule has 10 radical (unpaired) electrons. The number of pyridine rings is 6. The van der Waals surface area contributed by atoms with E-state index in [9.17, 15) is 0 Å². The van der Waals surface area contributed by atoms with Gasteiger partial charge in [-0.3, -0.25) is 4.98 Å². The number of aryl methyl sites for hydroxylation is 8. The molecule has 0 aliphatic heterocycles. The molecule has 12 rings (SSSR count). The number of aliphatic hydroxyl groups is 2. The monoisotopic (exact) mass is 1610 g/mol. The van der Waals surface area contributed by atoms with Crippen LogP contribution in [0.5, 0.6) is 0 Å². The third kappa shape index (κ3) is 25.9. The van der Waals surface area contributed by atoms with Crippen molar-refractivity contribution in [3.8, 4) is 56.9 Å². The first kappa shape index (κ1) is 51.9. The van der Waals surface area contributed by atoms with Crippen LogP contribution in [0.15, 0.2) is 173 Å². The van der Waals surface area contributed by atoms with Crippen LogP contribution in [0.2, 0.25) is 0 Å². The summed E-state index contributed by atoms with van der Waals surface area (Å²) in [5.41, 5.74) is 6.15. The van der Waals surface area contributed by atoms with Crippen molar-refractivity contribution in [2.45, 2.75) is 76.2 Å². The average Bonchev–Trinajstić information content (AvgIpc) is 1.59. The van der Waals surface area contributed by atoms with Crippen molar-refractivity contribution >= 4 is 98.0 Å². The summed E-state index contributed by atoms with van der Waals surface area (Å²) in [6.45, 7) is -6.85. The second kappa shape index (κ2) is 41.8. The van der Waals surface area contributed by atoms with Crippen LogP contribution in [0.25, 0.3) is 89.2 Å². The minimum absolute atomic E-state index is 0. The van der Waals surface area contributed by atoms with E-state index < -0.39 is 76.1 Å². The minimum atomic E-state index is -3.92. The molecule has 0 fully saturated rings. The fourth-order valence-corrected chi connectivity index (χ4v) is 7.08. The molecule has 8 heterocycles. The molecule has 4 aromatic carbocycles. The van der Waals surface area contributed by atoms with Gasteiger partial charge in [-0.25, -0.2) is 18.4 Å². The zero-order valence-electron chi connectivity index (χ0n) is 71.9. The van der Waals surface area contributed by atoms with E-state index in [1.54, 1.807) is 68.4 Å². The summed E-state index contributed by atoms with van der Waals surface area (Å²) in [4.78, 5) is 24.7. The van der Waals surface area contributed by atoms with Gasteiger partial charge in [0.15, 0.2) is 0 Å². The number of benzene rings is 4. The van der Waals surface area contributed by atoms with E-state index in [2.05, 4.69) is 59.9 Å². The van der Waals surface area contributed by atoms with E-state index in [1.165, 1.54) is 24.5 Å². The second-order valence-corrected chi connectivity index (χ2v) is 19.2. The minimum Gasteiger partial charge on any atom is -0.748 e. The van der Waals surface area contributed by atoms with E-state index in [0.717, 1.165) is 60.3 Å². The van der Waals surface area contributed by atoms with Gasteiger partial charge in [0.2, 0.25) is 11.4 Å². The fourth-order valence-electron chi connectivity index (χ4n) is 7.08. The number of aromatic nitrogens is 6. The van der Waals surface area contributed by atoms with E-state index in [0.29, 0.717) is 50.1 Å². The Morgan fingerprint density at radius 2 is 0.978 bits per heavy atom. The van der Waals surface area contributed by atoms with E-state index in [-0.39, 0.29) is 116 Å². The van der Waals surface area contributed by atoms with Crippen LogP contribution >= 0.6 is 0 Å². The Hall–Kier alpha value is -7.54. The van der Waals surface area contributed by atoms with Crippen molar-refractivity contribution in [3.05, 3.63) is 227 Å². The van der Waals surface area contributed by atoms with Crippen LogP contribution in [0, 0.1) is 85.0 Å². The summed E-state index contributed by atoms with van der Waals surface area (Å²) < 4.78 is 206. The predicted molar refractivity (Wildman–Crippen MR) is 376 cm³/mol. The molecular weight excluding hydrogens is 1520 g/mol. The van der Waals surface area contributed by atoms with Gasteiger partial charge in [-0.2, -0.15) is 0 Å². The normalized spacial score (nSPS) is 14.0. The second-order valence-electron chi connectivity index (χ2n) is 17.8. The summed E-state index contributed by atoms with van der Waals surface area (Å²) in [6.07, 6.45) is 4.41. The van der Waals surface area contributed by atoms with Crippen LogP contribution in [0.4, 0.5) is 0 Å². The fraction of sp³-hybridized carbons (Fsp3) is 0.200. The Bertz CT molecular complexity index is 5000. The molecule has 22 heteroatoms. The number of hydrogen-bond donors (Lipinski definition) is 2. The van der Waals surface area contributed by atoms with Crippen molar-refractivity contribution in [3.63, 3.8) is 0 Å².